The number of carbonyl (C=O) groups is 1. The minimum Gasteiger partial charge on any atom is -0.439 e. The number of hydrogen-bond donors (Lipinski definition) is 2. The normalized spacial score (nSPS) is 22.7. The molecular formula is C28H29Cl3N4O2. The summed E-state index contributed by atoms with van der Waals surface area (Å²) in [6.07, 6.45) is 8.90. The molecule has 2 bridgehead atoms. The minimum atomic E-state index is -0.169. The number of rotatable bonds is 8. The number of ether oxygens (including phenoxy) is 1. The Hall–Kier alpha value is -2.25. The summed E-state index contributed by atoms with van der Waals surface area (Å²) in [6, 6.07) is 12.7. The maximum atomic E-state index is 13.8. The zero-order valence-electron chi connectivity index (χ0n) is 20.4. The van der Waals surface area contributed by atoms with Gasteiger partial charge in [-0.3, -0.25) is 4.79 Å². The predicted octanol–water partition coefficient (Wildman–Crippen LogP) is 7.33. The van der Waals surface area contributed by atoms with Gasteiger partial charge in [0.05, 0.1) is 16.3 Å². The highest BCUT2D eigenvalue weighted by atomic mass is 35.5. The van der Waals surface area contributed by atoms with Crippen LogP contribution < -0.4 is 15.4 Å². The van der Waals surface area contributed by atoms with Crippen LogP contribution >= 0.6 is 34.8 Å². The van der Waals surface area contributed by atoms with Gasteiger partial charge in [0, 0.05) is 28.2 Å². The Morgan fingerprint density at radius 1 is 1.03 bits per heavy atom. The van der Waals surface area contributed by atoms with Crippen molar-refractivity contribution in [2.75, 3.05) is 0 Å². The molecule has 2 N–H and O–H groups in total. The monoisotopic (exact) mass is 558 g/mol. The second-order valence-electron chi connectivity index (χ2n) is 10.6. The smallest absolute Gasteiger partial charge is 0.272 e. The van der Waals surface area contributed by atoms with Crippen LogP contribution in [0.1, 0.15) is 67.4 Å². The summed E-state index contributed by atoms with van der Waals surface area (Å²) in [4.78, 5) is 13.8. The van der Waals surface area contributed by atoms with Gasteiger partial charge in [-0.05, 0) is 93.3 Å². The van der Waals surface area contributed by atoms with E-state index >= 15 is 0 Å². The van der Waals surface area contributed by atoms with Gasteiger partial charge in [-0.25, -0.2) is 0 Å². The van der Waals surface area contributed by atoms with Crippen molar-refractivity contribution in [1.29, 1.82) is 0 Å². The van der Waals surface area contributed by atoms with E-state index in [1.165, 1.54) is 19.3 Å². The number of carbonyl (C=O) groups excluding carboxylic acids is 1. The van der Waals surface area contributed by atoms with Crippen molar-refractivity contribution in [3.63, 3.8) is 0 Å². The summed E-state index contributed by atoms with van der Waals surface area (Å²) in [5.74, 6) is 1.57. The fraction of sp³-hybridized carbons (Fsp3) is 0.429. The van der Waals surface area contributed by atoms with Gasteiger partial charge in [-0.2, -0.15) is 9.78 Å². The third-order valence-electron chi connectivity index (χ3n) is 8.11. The summed E-state index contributed by atoms with van der Waals surface area (Å²) in [5.41, 5.74) is 1.51. The van der Waals surface area contributed by atoms with Crippen LogP contribution in [-0.2, 0) is 6.54 Å². The van der Waals surface area contributed by atoms with Gasteiger partial charge >= 0.3 is 0 Å². The zero-order valence-corrected chi connectivity index (χ0v) is 22.7. The van der Waals surface area contributed by atoms with Crippen molar-refractivity contribution in [1.82, 2.24) is 20.4 Å². The molecular weight excluding hydrogens is 531 g/mol. The molecule has 1 amide bonds. The van der Waals surface area contributed by atoms with E-state index in [2.05, 4.69) is 10.6 Å². The maximum Gasteiger partial charge on any atom is 0.272 e. The highest BCUT2D eigenvalue weighted by molar-refractivity contribution is 6.35. The molecule has 37 heavy (non-hydrogen) atoms. The van der Waals surface area contributed by atoms with E-state index < -0.39 is 0 Å². The largest absolute Gasteiger partial charge is 0.439 e. The number of amides is 1. The van der Waals surface area contributed by atoms with E-state index in [-0.39, 0.29) is 11.4 Å². The third-order valence-corrected chi connectivity index (χ3v) is 8.90. The first kappa shape index (κ1) is 25.1. The highest BCUT2D eigenvalue weighted by Crippen LogP contribution is 2.48. The van der Waals surface area contributed by atoms with Gasteiger partial charge in [-0.15, -0.1) is 0 Å². The predicted molar refractivity (Wildman–Crippen MR) is 146 cm³/mol. The average molecular weight is 560 g/mol. The number of hydrogen-bond acceptors (Lipinski definition) is 4. The van der Waals surface area contributed by atoms with Crippen molar-refractivity contribution in [2.24, 2.45) is 5.92 Å². The van der Waals surface area contributed by atoms with Gasteiger partial charge in [0.15, 0.2) is 5.69 Å². The molecule has 6 nitrogen and oxygen atoms in total. The van der Waals surface area contributed by atoms with Crippen LogP contribution in [0, 0.1) is 5.92 Å². The molecule has 9 heteroatoms. The molecule has 194 valence electrons. The van der Waals surface area contributed by atoms with Crippen molar-refractivity contribution < 1.29 is 9.53 Å². The number of benzene rings is 2. The molecule has 0 spiro atoms. The lowest BCUT2D eigenvalue weighted by atomic mass is 9.93. The lowest BCUT2D eigenvalue weighted by Crippen LogP contribution is -2.45. The minimum absolute atomic E-state index is 0.126. The Bertz CT molecular complexity index is 1310. The summed E-state index contributed by atoms with van der Waals surface area (Å²) in [7, 11) is 0. The molecule has 1 heterocycles. The molecule has 1 aromatic heterocycles. The Kier molecular flexibility index (Phi) is 6.87. The SMILES string of the molecule is O=C(NC12CCC(CC1)C2)c1nn(-c2ccc(Cl)cc2Cl)c(Oc2ccc(Cl)cc2)c1CNC1CCC1. The van der Waals surface area contributed by atoms with E-state index in [9.17, 15) is 4.79 Å². The van der Waals surface area contributed by atoms with Crippen molar-refractivity contribution in [2.45, 2.75) is 69.5 Å². The third kappa shape index (κ3) is 5.09. The lowest BCUT2D eigenvalue weighted by Gasteiger charge is -2.28. The zero-order chi connectivity index (χ0) is 25.6. The van der Waals surface area contributed by atoms with E-state index in [1.807, 2.05) is 0 Å². The van der Waals surface area contributed by atoms with Crippen LogP contribution in [0.25, 0.3) is 5.69 Å². The number of halogens is 3. The fourth-order valence-corrected chi connectivity index (χ4v) is 6.45. The van der Waals surface area contributed by atoms with Crippen LogP contribution in [0.15, 0.2) is 42.5 Å². The average Bonchev–Trinajstić information content (AvgIpc) is 3.53. The van der Waals surface area contributed by atoms with Gasteiger partial charge in [-0.1, -0.05) is 41.2 Å². The molecule has 0 aliphatic heterocycles. The van der Waals surface area contributed by atoms with E-state index in [4.69, 9.17) is 44.6 Å². The van der Waals surface area contributed by atoms with Crippen LogP contribution in [0.3, 0.4) is 0 Å². The Labute approximate surface area is 231 Å². The number of aromatic nitrogens is 2. The topological polar surface area (TPSA) is 68.2 Å². The second kappa shape index (κ2) is 10.1. The van der Waals surface area contributed by atoms with Gasteiger partial charge in [0.2, 0.25) is 5.88 Å². The van der Waals surface area contributed by atoms with Crippen molar-refractivity contribution >= 4 is 40.7 Å². The van der Waals surface area contributed by atoms with E-state index in [0.717, 1.165) is 32.1 Å². The fourth-order valence-electron chi connectivity index (χ4n) is 5.84. The molecule has 0 radical (unpaired) electrons. The van der Waals surface area contributed by atoms with Gasteiger partial charge in [0.25, 0.3) is 5.91 Å². The van der Waals surface area contributed by atoms with Crippen LogP contribution in [0.2, 0.25) is 15.1 Å². The number of nitrogens with one attached hydrogen (secondary N) is 2. The Morgan fingerprint density at radius 2 is 1.76 bits per heavy atom. The van der Waals surface area contributed by atoms with E-state index in [1.54, 1.807) is 47.1 Å². The molecule has 3 saturated carbocycles. The summed E-state index contributed by atoms with van der Waals surface area (Å²) >= 11 is 18.9. The van der Waals surface area contributed by atoms with Crippen molar-refractivity contribution in [3.8, 4) is 17.3 Å². The molecule has 0 atom stereocenters. The summed E-state index contributed by atoms with van der Waals surface area (Å²) < 4.78 is 8.02. The second-order valence-corrected chi connectivity index (χ2v) is 11.9. The van der Waals surface area contributed by atoms with Gasteiger partial charge < -0.3 is 15.4 Å². The molecule has 0 unspecified atom stereocenters. The summed E-state index contributed by atoms with van der Waals surface area (Å²) in [5, 5.41) is 13.3. The van der Waals surface area contributed by atoms with Gasteiger partial charge in [0.1, 0.15) is 5.75 Å². The molecule has 0 saturated heterocycles. The Balaban J connectivity index is 1.43. The molecule has 3 aliphatic rings. The van der Waals surface area contributed by atoms with Crippen molar-refractivity contribution in [3.05, 3.63) is 68.8 Å². The lowest BCUT2D eigenvalue weighted by molar-refractivity contribution is 0.0894. The standard InChI is InChI=1S/C28H29Cl3N4O2/c29-18-4-7-21(8-5-18)37-27-22(16-32-20-2-1-3-20)25(26(36)33-28-12-10-17(15-28)11-13-28)34-35(27)24-9-6-19(30)14-23(24)31/h4-9,14,17,20,32H,1-3,10-13,15-16H2,(H,33,36). The quantitative estimate of drug-likeness (QED) is 0.303. The van der Waals surface area contributed by atoms with Crippen LogP contribution in [-0.4, -0.2) is 27.3 Å². The van der Waals surface area contributed by atoms with Crippen LogP contribution in [0.5, 0.6) is 11.6 Å². The maximum absolute atomic E-state index is 13.8. The van der Waals surface area contributed by atoms with Crippen LogP contribution in [0.4, 0.5) is 0 Å². The highest BCUT2D eigenvalue weighted by Gasteiger charge is 2.46. The molecule has 2 aromatic carbocycles. The summed E-state index contributed by atoms with van der Waals surface area (Å²) in [6.45, 7) is 0.456. The molecule has 6 rings (SSSR count). The van der Waals surface area contributed by atoms with E-state index in [0.29, 0.717) is 62.1 Å². The Morgan fingerprint density at radius 3 is 2.38 bits per heavy atom. The number of nitrogens with zero attached hydrogens (tertiary/aromatic N) is 2. The molecule has 3 aliphatic carbocycles. The first-order chi connectivity index (χ1) is 17.9. The number of fused-ring (bicyclic) bond motifs is 2. The first-order valence-corrected chi connectivity index (χ1v) is 14.1. The first-order valence-electron chi connectivity index (χ1n) is 13.0. The molecule has 3 fully saturated rings. The molecule has 3 aromatic rings.